The summed E-state index contributed by atoms with van der Waals surface area (Å²) in [6, 6.07) is 2.80. The van der Waals surface area contributed by atoms with Gasteiger partial charge in [0, 0.05) is 12.6 Å². The lowest BCUT2D eigenvalue weighted by Crippen LogP contribution is -2.10. The largest absolute Gasteiger partial charge is 0.416 e. The first-order valence-electron chi connectivity index (χ1n) is 5.16. The van der Waals surface area contributed by atoms with E-state index in [1.54, 1.807) is 26.1 Å². The number of alkyl halides is 3. The fourth-order valence-corrected chi connectivity index (χ4v) is 1.90. The monoisotopic (exact) mass is 227 g/mol. The maximum Gasteiger partial charge on any atom is 0.416 e. The molecule has 1 aromatic rings. The van der Waals surface area contributed by atoms with E-state index in [0.717, 1.165) is 0 Å². The quantitative estimate of drug-likeness (QED) is 0.685. The van der Waals surface area contributed by atoms with Crippen LogP contribution in [0.3, 0.4) is 0 Å². The predicted octanol–water partition coefficient (Wildman–Crippen LogP) is 4.09. The molecule has 0 amide bonds. The summed E-state index contributed by atoms with van der Waals surface area (Å²) in [6.45, 7) is 3.52. The lowest BCUT2D eigenvalue weighted by atomic mass is 9.93. The van der Waals surface area contributed by atoms with Crippen LogP contribution in [0.4, 0.5) is 18.9 Å². The second-order valence-electron chi connectivity index (χ2n) is 4.24. The van der Waals surface area contributed by atoms with Gasteiger partial charge in [0.1, 0.15) is 0 Å². The molecule has 4 heteroatoms. The highest BCUT2D eigenvalue weighted by molar-refractivity contribution is 5.76. The van der Waals surface area contributed by atoms with Gasteiger partial charge in [-0.1, -0.05) is 13.8 Å². The van der Waals surface area contributed by atoms with Crippen molar-refractivity contribution < 1.29 is 13.2 Å². The second-order valence-corrected chi connectivity index (χ2v) is 4.24. The summed E-state index contributed by atoms with van der Waals surface area (Å²) in [5, 5.41) is 0. The fourth-order valence-electron chi connectivity index (χ4n) is 1.90. The molecule has 1 heterocycles. The molecule has 0 saturated carbocycles. The third-order valence-electron chi connectivity index (χ3n) is 2.72. The van der Waals surface area contributed by atoms with E-state index in [0.29, 0.717) is 23.2 Å². The molecule has 1 aromatic carbocycles. The van der Waals surface area contributed by atoms with Gasteiger partial charge < -0.3 is 0 Å². The van der Waals surface area contributed by atoms with E-state index in [1.165, 1.54) is 6.07 Å². The summed E-state index contributed by atoms with van der Waals surface area (Å²) in [4.78, 5) is 4.07. The van der Waals surface area contributed by atoms with Crippen molar-refractivity contribution in [2.45, 2.75) is 32.4 Å². The van der Waals surface area contributed by atoms with Crippen LogP contribution < -0.4 is 0 Å². The number of hydrogen-bond acceptors (Lipinski definition) is 1. The first-order chi connectivity index (χ1) is 7.39. The minimum absolute atomic E-state index is 0.155. The molecule has 86 valence electrons. The first-order valence-corrected chi connectivity index (χ1v) is 5.16. The summed E-state index contributed by atoms with van der Waals surface area (Å²) < 4.78 is 38.5. The van der Waals surface area contributed by atoms with Crippen molar-refractivity contribution in [1.29, 1.82) is 0 Å². The van der Waals surface area contributed by atoms with Gasteiger partial charge >= 0.3 is 6.18 Å². The number of halogens is 3. The van der Waals surface area contributed by atoms with Crippen molar-refractivity contribution in [3.63, 3.8) is 0 Å². The highest BCUT2D eigenvalue weighted by Crippen LogP contribution is 2.39. The molecule has 0 N–H and O–H groups in total. The zero-order valence-corrected chi connectivity index (χ0v) is 9.10. The van der Waals surface area contributed by atoms with E-state index < -0.39 is 11.7 Å². The summed E-state index contributed by atoms with van der Waals surface area (Å²) >= 11 is 0. The van der Waals surface area contributed by atoms with Crippen LogP contribution in [0, 0.1) is 0 Å². The molecule has 2 rings (SSSR count). The Balaban J connectivity index is 2.60. The molecule has 0 unspecified atom stereocenters. The number of rotatable bonds is 1. The van der Waals surface area contributed by atoms with Crippen LogP contribution in [-0.4, -0.2) is 6.21 Å². The predicted molar refractivity (Wildman–Crippen MR) is 57.4 cm³/mol. The highest BCUT2D eigenvalue weighted by atomic mass is 19.4. The Morgan fingerprint density at radius 2 is 1.94 bits per heavy atom. The molecule has 0 atom stereocenters. The van der Waals surface area contributed by atoms with Gasteiger partial charge in [0.25, 0.3) is 0 Å². The Hall–Kier alpha value is -1.32. The molecule has 0 aliphatic carbocycles. The molecule has 0 fully saturated rings. The molecular weight excluding hydrogens is 215 g/mol. The number of benzene rings is 1. The van der Waals surface area contributed by atoms with Gasteiger partial charge in [-0.3, -0.25) is 4.99 Å². The lowest BCUT2D eigenvalue weighted by Gasteiger charge is -2.17. The number of nitrogens with zero attached hydrogens (tertiary/aromatic N) is 1. The Kier molecular flexibility index (Phi) is 2.52. The maximum absolute atomic E-state index is 12.8. The topological polar surface area (TPSA) is 12.4 Å². The Morgan fingerprint density at radius 1 is 1.25 bits per heavy atom. The van der Waals surface area contributed by atoms with Gasteiger partial charge in [-0.25, -0.2) is 0 Å². The van der Waals surface area contributed by atoms with Crippen molar-refractivity contribution in [3.8, 4) is 0 Å². The number of hydrogen-bond donors (Lipinski definition) is 0. The lowest BCUT2D eigenvalue weighted by molar-refractivity contribution is -0.138. The van der Waals surface area contributed by atoms with E-state index in [4.69, 9.17) is 0 Å². The molecule has 0 radical (unpaired) electrons. The molecule has 0 aromatic heterocycles. The average Bonchev–Trinajstić information content (AvgIpc) is 2.60. The first kappa shape index (κ1) is 11.2. The molecule has 0 bridgehead atoms. The smallest absolute Gasteiger partial charge is 0.261 e. The summed E-state index contributed by atoms with van der Waals surface area (Å²) in [6.07, 6.45) is -2.14. The van der Waals surface area contributed by atoms with E-state index in [9.17, 15) is 13.2 Å². The van der Waals surface area contributed by atoms with Crippen molar-refractivity contribution in [2.24, 2.45) is 4.99 Å². The SMILES string of the molecule is CC(C)c1cc2c(cc1C(F)(F)F)CC=N2. The Labute approximate surface area is 92.0 Å². The average molecular weight is 227 g/mol. The summed E-state index contributed by atoms with van der Waals surface area (Å²) in [5.41, 5.74) is 1.14. The van der Waals surface area contributed by atoms with Crippen LogP contribution >= 0.6 is 0 Å². The molecule has 0 spiro atoms. The third kappa shape index (κ3) is 1.84. The maximum atomic E-state index is 12.8. The number of aliphatic imine (C=N–C) groups is 1. The molecule has 1 nitrogen and oxygen atoms in total. The van der Waals surface area contributed by atoms with E-state index in [-0.39, 0.29) is 5.92 Å². The van der Waals surface area contributed by atoms with Crippen molar-refractivity contribution in [2.75, 3.05) is 0 Å². The normalized spacial score (nSPS) is 14.6. The van der Waals surface area contributed by atoms with E-state index in [1.807, 2.05) is 0 Å². The van der Waals surface area contributed by atoms with E-state index >= 15 is 0 Å². The van der Waals surface area contributed by atoms with Crippen molar-refractivity contribution >= 4 is 11.9 Å². The molecule has 0 saturated heterocycles. The molecule has 1 aliphatic rings. The summed E-state index contributed by atoms with van der Waals surface area (Å²) in [7, 11) is 0. The minimum Gasteiger partial charge on any atom is -0.261 e. The Morgan fingerprint density at radius 3 is 2.50 bits per heavy atom. The number of fused-ring (bicyclic) bond motifs is 1. The van der Waals surface area contributed by atoms with Gasteiger partial charge in [-0.05, 0) is 29.2 Å². The summed E-state index contributed by atoms with van der Waals surface area (Å²) in [5.74, 6) is -0.155. The second kappa shape index (κ2) is 3.61. The molecule has 16 heavy (non-hydrogen) atoms. The fraction of sp³-hybridized carbons (Fsp3) is 0.417. The van der Waals surface area contributed by atoms with Gasteiger partial charge in [0.05, 0.1) is 11.3 Å². The van der Waals surface area contributed by atoms with Crippen molar-refractivity contribution in [1.82, 2.24) is 0 Å². The van der Waals surface area contributed by atoms with E-state index in [2.05, 4.69) is 4.99 Å². The Bertz CT molecular complexity index is 444. The van der Waals surface area contributed by atoms with Gasteiger partial charge in [0.15, 0.2) is 0 Å². The van der Waals surface area contributed by atoms with Crippen LogP contribution in [0.2, 0.25) is 0 Å². The zero-order valence-electron chi connectivity index (χ0n) is 9.10. The van der Waals surface area contributed by atoms with Gasteiger partial charge in [-0.15, -0.1) is 0 Å². The van der Waals surface area contributed by atoms with Crippen LogP contribution in [-0.2, 0) is 12.6 Å². The minimum atomic E-state index is -4.28. The highest BCUT2D eigenvalue weighted by Gasteiger charge is 2.35. The third-order valence-corrected chi connectivity index (χ3v) is 2.72. The molecular formula is C12H12F3N. The zero-order chi connectivity index (χ0) is 11.9. The van der Waals surface area contributed by atoms with Crippen LogP contribution in [0.25, 0.3) is 0 Å². The van der Waals surface area contributed by atoms with Crippen LogP contribution in [0.15, 0.2) is 17.1 Å². The van der Waals surface area contributed by atoms with Crippen LogP contribution in [0.5, 0.6) is 0 Å². The van der Waals surface area contributed by atoms with Gasteiger partial charge in [-0.2, -0.15) is 13.2 Å². The van der Waals surface area contributed by atoms with Gasteiger partial charge in [0.2, 0.25) is 0 Å². The molecule has 1 aliphatic heterocycles. The standard InChI is InChI=1S/C12H12F3N/c1-7(2)9-6-11-8(3-4-16-11)5-10(9)12(13,14)15/h4-7H,3H2,1-2H3. The van der Waals surface area contributed by atoms with Crippen LogP contribution in [0.1, 0.15) is 36.5 Å². The van der Waals surface area contributed by atoms with Crippen molar-refractivity contribution in [3.05, 3.63) is 28.8 Å².